The van der Waals surface area contributed by atoms with E-state index in [9.17, 15) is 19.7 Å². The number of carbonyl (C=O) groups is 2. The molecule has 8 heteroatoms. The van der Waals surface area contributed by atoms with Crippen LogP contribution in [0.15, 0.2) is 48.5 Å². The Kier molecular flexibility index (Phi) is 10.1. The van der Waals surface area contributed by atoms with E-state index in [4.69, 9.17) is 0 Å². The van der Waals surface area contributed by atoms with E-state index in [1.165, 1.54) is 30.3 Å². The molecule has 1 saturated carbocycles. The highest BCUT2D eigenvalue weighted by molar-refractivity contribution is 7.99. The third-order valence-electron chi connectivity index (χ3n) is 6.58. The van der Waals surface area contributed by atoms with Crippen LogP contribution in [0.3, 0.4) is 0 Å². The molecule has 0 radical (unpaired) electrons. The van der Waals surface area contributed by atoms with Gasteiger partial charge in [-0.1, -0.05) is 62.6 Å². The van der Waals surface area contributed by atoms with Gasteiger partial charge >= 0.3 is 0 Å². The van der Waals surface area contributed by atoms with Crippen LogP contribution in [0.4, 0.5) is 5.69 Å². The highest BCUT2D eigenvalue weighted by Gasteiger charge is 2.30. The van der Waals surface area contributed by atoms with E-state index in [1.807, 2.05) is 38.1 Å². The minimum Gasteiger partial charge on any atom is -0.352 e. The molecule has 35 heavy (non-hydrogen) atoms. The SMILES string of the molecule is CC[C@@H](C(=O)NC1CCCCC1)N(Cc1ccccc1C)C(=O)CSCc1ccc([N+](=O)[O-])cc1. The van der Waals surface area contributed by atoms with Crippen LogP contribution in [0.2, 0.25) is 0 Å². The zero-order valence-corrected chi connectivity index (χ0v) is 21.4. The number of aryl methyl sites for hydroxylation is 1. The summed E-state index contributed by atoms with van der Waals surface area (Å²) in [6.45, 7) is 4.36. The van der Waals surface area contributed by atoms with E-state index in [1.54, 1.807) is 17.0 Å². The number of hydrogen-bond acceptors (Lipinski definition) is 5. The quantitative estimate of drug-likeness (QED) is 0.332. The molecule has 0 aliphatic heterocycles. The Morgan fingerprint density at radius 2 is 1.80 bits per heavy atom. The van der Waals surface area contributed by atoms with Crippen molar-refractivity contribution in [2.45, 2.75) is 76.8 Å². The molecule has 1 aliphatic carbocycles. The third-order valence-corrected chi connectivity index (χ3v) is 7.57. The summed E-state index contributed by atoms with van der Waals surface area (Å²) >= 11 is 1.45. The average molecular weight is 498 g/mol. The predicted molar refractivity (Wildman–Crippen MR) is 140 cm³/mol. The summed E-state index contributed by atoms with van der Waals surface area (Å²) in [5.41, 5.74) is 3.09. The molecule has 2 aromatic rings. The summed E-state index contributed by atoms with van der Waals surface area (Å²) in [5, 5.41) is 14.1. The monoisotopic (exact) mass is 497 g/mol. The molecular formula is C27H35N3O4S. The first-order chi connectivity index (χ1) is 16.9. The Morgan fingerprint density at radius 1 is 1.11 bits per heavy atom. The van der Waals surface area contributed by atoms with Crippen molar-refractivity contribution >= 4 is 29.3 Å². The average Bonchev–Trinajstić information content (AvgIpc) is 2.86. The first-order valence-electron chi connectivity index (χ1n) is 12.3. The summed E-state index contributed by atoms with van der Waals surface area (Å²) in [6, 6.07) is 14.0. The molecule has 2 amide bonds. The van der Waals surface area contributed by atoms with Gasteiger partial charge in [0.1, 0.15) is 6.04 Å². The molecule has 1 fully saturated rings. The number of carbonyl (C=O) groups excluding carboxylic acids is 2. The van der Waals surface area contributed by atoms with Crippen molar-refractivity contribution < 1.29 is 14.5 Å². The zero-order chi connectivity index (χ0) is 25.2. The minimum absolute atomic E-state index is 0.0500. The molecule has 0 aromatic heterocycles. The number of thioether (sulfide) groups is 1. The molecule has 0 heterocycles. The number of rotatable bonds is 11. The molecule has 0 spiro atoms. The van der Waals surface area contributed by atoms with Gasteiger partial charge in [-0.25, -0.2) is 0 Å². The number of hydrogen-bond donors (Lipinski definition) is 1. The van der Waals surface area contributed by atoms with Gasteiger partial charge in [0, 0.05) is 30.5 Å². The van der Waals surface area contributed by atoms with Crippen molar-refractivity contribution in [1.82, 2.24) is 10.2 Å². The summed E-state index contributed by atoms with van der Waals surface area (Å²) < 4.78 is 0. The van der Waals surface area contributed by atoms with Gasteiger partial charge in [0.25, 0.3) is 5.69 Å². The zero-order valence-electron chi connectivity index (χ0n) is 20.6. The van der Waals surface area contributed by atoms with Crippen molar-refractivity contribution in [2.24, 2.45) is 0 Å². The van der Waals surface area contributed by atoms with E-state index in [0.29, 0.717) is 18.7 Å². The predicted octanol–water partition coefficient (Wildman–Crippen LogP) is 5.39. The highest BCUT2D eigenvalue weighted by atomic mass is 32.2. The highest BCUT2D eigenvalue weighted by Crippen LogP contribution is 2.22. The molecule has 3 rings (SSSR count). The van der Waals surface area contributed by atoms with Gasteiger partial charge in [-0.05, 0) is 42.9 Å². The van der Waals surface area contributed by atoms with Crippen molar-refractivity contribution in [1.29, 1.82) is 0 Å². The summed E-state index contributed by atoms with van der Waals surface area (Å²) in [7, 11) is 0. The van der Waals surface area contributed by atoms with Gasteiger partial charge in [-0.2, -0.15) is 0 Å². The van der Waals surface area contributed by atoms with Crippen molar-refractivity contribution in [3.05, 3.63) is 75.3 Å². The number of amides is 2. The number of nitro benzene ring substituents is 1. The van der Waals surface area contributed by atoms with Gasteiger partial charge < -0.3 is 10.2 Å². The maximum atomic E-state index is 13.4. The Labute approximate surface area is 211 Å². The lowest BCUT2D eigenvalue weighted by molar-refractivity contribution is -0.384. The van der Waals surface area contributed by atoms with Crippen LogP contribution in [0.5, 0.6) is 0 Å². The molecular weight excluding hydrogens is 462 g/mol. The number of nitrogens with zero attached hydrogens (tertiary/aromatic N) is 2. The number of non-ortho nitro benzene ring substituents is 1. The second kappa shape index (κ2) is 13.3. The van der Waals surface area contributed by atoms with Crippen LogP contribution in [0, 0.1) is 17.0 Å². The minimum atomic E-state index is -0.524. The number of benzene rings is 2. The fourth-order valence-corrected chi connectivity index (χ4v) is 5.36. The molecule has 7 nitrogen and oxygen atoms in total. The topological polar surface area (TPSA) is 92.6 Å². The molecule has 0 saturated heterocycles. The maximum Gasteiger partial charge on any atom is 0.269 e. The fraction of sp³-hybridized carbons (Fsp3) is 0.481. The summed E-state index contributed by atoms with van der Waals surface area (Å²) in [6.07, 6.45) is 6.02. The fourth-order valence-electron chi connectivity index (χ4n) is 4.49. The molecule has 0 unspecified atom stereocenters. The van der Waals surface area contributed by atoms with Crippen molar-refractivity contribution in [3.8, 4) is 0 Å². The third kappa shape index (κ3) is 7.82. The summed E-state index contributed by atoms with van der Waals surface area (Å²) in [4.78, 5) is 38.9. The molecule has 188 valence electrons. The van der Waals surface area contributed by atoms with Gasteiger partial charge in [0.05, 0.1) is 10.7 Å². The molecule has 2 aromatic carbocycles. The van der Waals surface area contributed by atoms with Crippen molar-refractivity contribution in [2.75, 3.05) is 5.75 Å². The van der Waals surface area contributed by atoms with Crippen LogP contribution in [-0.4, -0.2) is 39.5 Å². The Bertz CT molecular complexity index is 1010. The molecule has 1 aliphatic rings. The van der Waals surface area contributed by atoms with Gasteiger partial charge in [-0.15, -0.1) is 11.8 Å². The molecule has 1 N–H and O–H groups in total. The normalized spacial score (nSPS) is 14.8. The van der Waals surface area contributed by atoms with Gasteiger partial charge in [-0.3, -0.25) is 19.7 Å². The van der Waals surface area contributed by atoms with E-state index >= 15 is 0 Å². The van der Waals surface area contributed by atoms with Gasteiger partial charge in [0.2, 0.25) is 11.8 Å². The largest absolute Gasteiger partial charge is 0.352 e. The lowest BCUT2D eigenvalue weighted by Gasteiger charge is -2.33. The van der Waals surface area contributed by atoms with Gasteiger partial charge in [0.15, 0.2) is 0 Å². The smallest absolute Gasteiger partial charge is 0.269 e. The van der Waals surface area contributed by atoms with Crippen LogP contribution in [0.1, 0.15) is 62.1 Å². The summed E-state index contributed by atoms with van der Waals surface area (Å²) in [5.74, 6) is 0.649. The number of nitro groups is 1. The first-order valence-corrected chi connectivity index (χ1v) is 13.5. The number of nitrogens with one attached hydrogen (secondary N) is 1. The van der Waals surface area contributed by atoms with E-state index in [2.05, 4.69) is 5.32 Å². The Morgan fingerprint density at radius 3 is 2.43 bits per heavy atom. The van der Waals surface area contributed by atoms with E-state index in [-0.39, 0.29) is 29.3 Å². The molecule has 1 atom stereocenters. The maximum absolute atomic E-state index is 13.4. The Balaban J connectivity index is 1.69. The second-order valence-electron chi connectivity index (χ2n) is 9.13. The van der Waals surface area contributed by atoms with Crippen LogP contribution < -0.4 is 5.32 Å². The van der Waals surface area contributed by atoms with Crippen LogP contribution in [-0.2, 0) is 21.9 Å². The lowest BCUT2D eigenvalue weighted by Crippen LogP contribution is -2.52. The van der Waals surface area contributed by atoms with E-state index < -0.39 is 11.0 Å². The van der Waals surface area contributed by atoms with Crippen LogP contribution in [0.25, 0.3) is 0 Å². The Hall–Kier alpha value is -2.87. The van der Waals surface area contributed by atoms with Crippen molar-refractivity contribution in [3.63, 3.8) is 0 Å². The molecule has 0 bridgehead atoms. The van der Waals surface area contributed by atoms with Crippen LogP contribution >= 0.6 is 11.8 Å². The second-order valence-corrected chi connectivity index (χ2v) is 10.1. The standard InChI is InChI=1S/C27H35N3O4S/c1-3-25(27(32)28-23-11-5-4-6-12-23)29(17-22-10-8-7-9-20(22)2)26(31)19-35-18-21-13-15-24(16-14-21)30(33)34/h7-10,13-16,23,25H,3-6,11-12,17-19H2,1-2H3,(H,28,32)/t25-/m0/s1. The first kappa shape index (κ1) is 26.7. The lowest BCUT2D eigenvalue weighted by atomic mass is 9.95. The van der Waals surface area contributed by atoms with E-state index in [0.717, 1.165) is 42.4 Å².